The molecule has 2 nitrogen and oxygen atoms in total. The molecule has 0 fully saturated rings. The number of aliphatic hydroxyl groups is 1. The molecule has 0 spiro atoms. The van der Waals surface area contributed by atoms with Crippen molar-refractivity contribution in [1.82, 2.24) is 5.32 Å². The maximum Gasteiger partial charge on any atom is 0.0584 e. The maximum atomic E-state index is 9.07. The molecular weight excluding hydrogens is 186 g/mol. The average molecular weight is 207 g/mol. The second-order valence-corrected chi connectivity index (χ2v) is 4.03. The van der Waals surface area contributed by atoms with Crippen LogP contribution >= 0.6 is 0 Å². The van der Waals surface area contributed by atoms with Crippen LogP contribution in [0.4, 0.5) is 0 Å². The molecule has 0 aliphatic carbocycles. The quantitative estimate of drug-likeness (QED) is 0.775. The second kappa shape index (κ2) is 5.89. The second-order valence-electron chi connectivity index (χ2n) is 4.03. The van der Waals surface area contributed by atoms with Crippen molar-refractivity contribution in [2.24, 2.45) is 0 Å². The number of aliphatic hydroxyl groups excluding tert-OH is 1. The van der Waals surface area contributed by atoms with Crippen molar-refractivity contribution in [2.75, 3.05) is 6.61 Å². The van der Waals surface area contributed by atoms with Crippen molar-refractivity contribution in [3.05, 3.63) is 34.9 Å². The van der Waals surface area contributed by atoms with Crippen molar-refractivity contribution in [3.63, 3.8) is 0 Å². The van der Waals surface area contributed by atoms with Crippen LogP contribution in [0.3, 0.4) is 0 Å². The third-order valence-electron chi connectivity index (χ3n) is 3.01. The van der Waals surface area contributed by atoms with Crippen LogP contribution in [0.15, 0.2) is 18.2 Å². The van der Waals surface area contributed by atoms with Gasteiger partial charge in [0.25, 0.3) is 0 Å². The Morgan fingerprint density at radius 1 is 1.33 bits per heavy atom. The summed E-state index contributed by atoms with van der Waals surface area (Å²) in [6.07, 6.45) is 0.960. The lowest BCUT2D eigenvalue weighted by Gasteiger charge is -2.15. The van der Waals surface area contributed by atoms with Gasteiger partial charge < -0.3 is 10.4 Å². The van der Waals surface area contributed by atoms with Gasteiger partial charge in [-0.2, -0.15) is 0 Å². The molecule has 0 aliphatic rings. The van der Waals surface area contributed by atoms with E-state index in [9.17, 15) is 0 Å². The molecule has 15 heavy (non-hydrogen) atoms. The van der Waals surface area contributed by atoms with Gasteiger partial charge in [-0.15, -0.1) is 0 Å². The minimum Gasteiger partial charge on any atom is -0.395 e. The zero-order valence-electron chi connectivity index (χ0n) is 9.88. The number of rotatable bonds is 5. The predicted molar refractivity (Wildman–Crippen MR) is 63.9 cm³/mol. The summed E-state index contributed by atoms with van der Waals surface area (Å²) in [6, 6.07) is 6.56. The van der Waals surface area contributed by atoms with E-state index in [1.165, 1.54) is 16.7 Å². The normalized spacial score (nSPS) is 12.8. The SMILES string of the molecule is CCC(CO)NCc1cccc(C)c1C. The fourth-order valence-corrected chi connectivity index (χ4v) is 1.60. The van der Waals surface area contributed by atoms with Crippen molar-refractivity contribution in [3.8, 4) is 0 Å². The fraction of sp³-hybridized carbons (Fsp3) is 0.538. The molecule has 0 aromatic heterocycles. The van der Waals surface area contributed by atoms with Crippen molar-refractivity contribution < 1.29 is 5.11 Å². The van der Waals surface area contributed by atoms with Crippen LogP contribution in [-0.4, -0.2) is 17.8 Å². The Bertz CT molecular complexity index is 305. The van der Waals surface area contributed by atoms with Crippen molar-refractivity contribution in [1.29, 1.82) is 0 Å². The summed E-state index contributed by atoms with van der Waals surface area (Å²) >= 11 is 0. The highest BCUT2D eigenvalue weighted by Crippen LogP contribution is 2.12. The number of hydrogen-bond donors (Lipinski definition) is 2. The fourth-order valence-electron chi connectivity index (χ4n) is 1.60. The highest BCUT2D eigenvalue weighted by molar-refractivity contribution is 5.32. The molecule has 0 aliphatic heterocycles. The molecule has 1 atom stereocenters. The molecule has 0 radical (unpaired) electrons. The number of benzene rings is 1. The zero-order chi connectivity index (χ0) is 11.3. The first-order valence-corrected chi connectivity index (χ1v) is 5.58. The molecule has 1 aromatic carbocycles. The van der Waals surface area contributed by atoms with Crippen LogP contribution < -0.4 is 5.32 Å². The molecule has 1 unspecified atom stereocenters. The molecule has 1 rings (SSSR count). The lowest BCUT2D eigenvalue weighted by molar-refractivity contribution is 0.238. The first kappa shape index (κ1) is 12.2. The van der Waals surface area contributed by atoms with Gasteiger partial charge in [0.2, 0.25) is 0 Å². The van der Waals surface area contributed by atoms with Crippen LogP contribution in [0.25, 0.3) is 0 Å². The maximum absolute atomic E-state index is 9.07. The Labute approximate surface area is 92.3 Å². The monoisotopic (exact) mass is 207 g/mol. The molecule has 0 saturated heterocycles. The van der Waals surface area contributed by atoms with Gasteiger partial charge in [0, 0.05) is 12.6 Å². The molecule has 2 heteroatoms. The topological polar surface area (TPSA) is 32.3 Å². The summed E-state index contributed by atoms with van der Waals surface area (Å²) < 4.78 is 0. The highest BCUT2D eigenvalue weighted by Gasteiger charge is 2.05. The summed E-state index contributed by atoms with van der Waals surface area (Å²) in [6.45, 7) is 7.40. The molecule has 2 N–H and O–H groups in total. The summed E-state index contributed by atoms with van der Waals surface area (Å²) in [5.74, 6) is 0. The Balaban J connectivity index is 2.61. The highest BCUT2D eigenvalue weighted by atomic mass is 16.3. The third kappa shape index (κ3) is 3.33. The van der Waals surface area contributed by atoms with E-state index in [1.54, 1.807) is 0 Å². The van der Waals surface area contributed by atoms with Crippen molar-refractivity contribution in [2.45, 2.75) is 39.8 Å². The Kier molecular flexibility index (Phi) is 4.79. The Hall–Kier alpha value is -0.860. The van der Waals surface area contributed by atoms with E-state index in [1.807, 2.05) is 0 Å². The van der Waals surface area contributed by atoms with E-state index in [2.05, 4.69) is 44.3 Å². The van der Waals surface area contributed by atoms with Gasteiger partial charge in [0.15, 0.2) is 0 Å². The molecule has 84 valence electrons. The van der Waals surface area contributed by atoms with Gasteiger partial charge in [0.05, 0.1) is 6.61 Å². The number of aryl methyl sites for hydroxylation is 1. The first-order valence-electron chi connectivity index (χ1n) is 5.58. The summed E-state index contributed by atoms with van der Waals surface area (Å²) in [7, 11) is 0. The van der Waals surface area contributed by atoms with Gasteiger partial charge in [-0.3, -0.25) is 0 Å². The van der Waals surface area contributed by atoms with Crippen LogP contribution in [0.5, 0.6) is 0 Å². The molecule has 1 aromatic rings. The van der Waals surface area contributed by atoms with E-state index >= 15 is 0 Å². The Morgan fingerprint density at radius 3 is 2.67 bits per heavy atom. The average Bonchev–Trinajstić information content (AvgIpc) is 2.25. The summed E-state index contributed by atoms with van der Waals surface area (Å²) in [5.41, 5.74) is 3.99. The third-order valence-corrected chi connectivity index (χ3v) is 3.01. The van der Waals surface area contributed by atoms with Crippen LogP contribution in [0.1, 0.15) is 30.0 Å². The summed E-state index contributed by atoms with van der Waals surface area (Å²) in [4.78, 5) is 0. The van der Waals surface area contributed by atoms with E-state index in [0.717, 1.165) is 13.0 Å². The van der Waals surface area contributed by atoms with E-state index in [-0.39, 0.29) is 12.6 Å². The molecule has 0 saturated carbocycles. The van der Waals surface area contributed by atoms with Gasteiger partial charge in [-0.05, 0) is 37.0 Å². The van der Waals surface area contributed by atoms with Gasteiger partial charge in [-0.1, -0.05) is 25.1 Å². The Morgan fingerprint density at radius 2 is 2.07 bits per heavy atom. The van der Waals surface area contributed by atoms with E-state index in [0.29, 0.717) is 0 Å². The zero-order valence-corrected chi connectivity index (χ0v) is 9.88. The van der Waals surface area contributed by atoms with Crippen LogP contribution in [0.2, 0.25) is 0 Å². The van der Waals surface area contributed by atoms with E-state index < -0.39 is 0 Å². The van der Waals surface area contributed by atoms with Gasteiger partial charge >= 0.3 is 0 Å². The predicted octanol–water partition coefficient (Wildman–Crippen LogP) is 2.16. The minimum absolute atomic E-state index is 0.210. The van der Waals surface area contributed by atoms with Crippen molar-refractivity contribution >= 4 is 0 Å². The van der Waals surface area contributed by atoms with Gasteiger partial charge in [-0.25, -0.2) is 0 Å². The molecular formula is C13H21NO. The number of hydrogen-bond acceptors (Lipinski definition) is 2. The minimum atomic E-state index is 0.210. The first-order chi connectivity index (χ1) is 7.19. The lowest BCUT2D eigenvalue weighted by Crippen LogP contribution is -2.31. The van der Waals surface area contributed by atoms with Crippen LogP contribution in [-0.2, 0) is 6.54 Å². The standard InChI is InChI=1S/C13H21NO/c1-4-13(9-15)14-8-12-7-5-6-10(2)11(12)3/h5-7,13-15H,4,8-9H2,1-3H3. The lowest BCUT2D eigenvalue weighted by atomic mass is 10.0. The molecule has 0 heterocycles. The van der Waals surface area contributed by atoms with Gasteiger partial charge in [0.1, 0.15) is 0 Å². The summed E-state index contributed by atoms with van der Waals surface area (Å²) in [5, 5.41) is 12.4. The molecule has 0 bridgehead atoms. The number of nitrogens with one attached hydrogen (secondary N) is 1. The largest absolute Gasteiger partial charge is 0.395 e. The molecule has 0 amide bonds. The van der Waals surface area contributed by atoms with Crippen LogP contribution in [0, 0.1) is 13.8 Å². The van der Waals surface area contributed by atoms with E-state index in [4.69, 9.17) is 5.11 Å². The smallest absolute Gasteiger partial charge is 0.0584 e.